The van der Waals surface area contributed by atoms with Crippen LogP contribution in [0.1, 0.15) is 51.6 Å². The van der Waals surface area contributed by atoms with Crippen LogP contribution in [-0.4, -0.2) is 24.5 Å². The number of hydrogen-bond acceptors (Lipinski definition) is 3. The molecule has 0 heterocycles. The van der Waals surface area contributed by atoms with Gasteiger partial charge >= 0.3 is 0 Å². The minimum absolute atomic E-state index is 0. The molecule has 0 aliphatic heterocycles. The number of benzene rings is 1. The highest BCUT2D eigenvalue weighted by Crippen LogP contribution is 2.21. The summed E-state index contributed by atoms with van der Waals surface area (Å²) in [7, 11) is 0. The summed E-state index contributed by atoms with van der Waals surface area (Å²) in [6.45, 7) is 7.50. The van der Waals surface area contributed by atoms with Crippen LogP contribution in [0.3, 0.4) is 0 Å². The van der Waals surface area contributed by atoms with Crippen LogP contribution in [0.25, 0.3) is 0 Å². The van der Waals surface area contributed by atoms with Crippen molar-refractivity contribution in [1.82, 2.24) is 10.6 Å². The highest BCUT2D eigenvalue weighted by molar-refractivity contribution is 5.85. The number of carbonyl (C=O) groups is 1. The Morgan fingerprint density at radius 2 is 1.82 bits per heavy atom. The fourth-order valence-corrected chi connectivity index (χ4v) is 2.53. The lowest BCUT2D eigenvalue weighted by Gasteiger charge is -2.36. The monoisotopic (exact) mass is 327 g/mol. The smallest absolute Gasteiger partial charge is 0.221 e. The predicted octanol–water partition coefficient (Wildman–Crippen LogP) is 2.78. The Labute approximate surface area is 140 Å². The molecule has 1 amide bonds. The molecule has 0 aliphatic rings. The first-order chi connectivity index (χ1) is 10.1. The molecular formula is C17H30ClN3O. The first-order valence-corrected chi connectivity index (χ1v) is 7.86. The maximum Gasteiger partial charge on any atom is 0.221 e. The average Bonchev–Trinajstić information content (AvgIpc) is 2.52. The van der Waals surface area contributed by atoms with Crippen LogP contribution >= 0.6 is 12.4 Å². The van der Waals surface area contributed by atoms with E-state index >= 15 is 0 Å². The summed E-state index contributed by atoms with van der Waals surface area (Å²) in [6.07, 6.45) is 2.31. The van der Waals surface area contributed by atoms with Crippen LogP contribution in [0.15, 0.2) is 30.3 Å². The molecular weight excluding hydrogens is 298 g/mol. The van der Waals surface area contributed by atoms with Crippen molar-refractivity contribution in [3.63, 3.8) is 0 Å². The molecule has 0 saturated heterocycles. The summed E-state index contributed by atoms with van der Waals surface area (Å²) < 4.78 is 0. The van der Waals surface area contributed by atoms with Gasteiger partial charge in [-0.3, -0.25) is 4.79 Å². The molecule has 1 unspecified atom stereocenters. The van der Waals surface area contributed by atoms with Crippen LogP contribution in [0.4, 0.5) is 0 Å². The van der Waals surface area contributed by atoms with Crippen molar-refractivity contribution in [1.29, 1.82) is 0 Å². The Morgan fingerprint density at radius 3 is 2.32 bits per heavy atom. The average molecular weight is 328 g/mol. The molecule has 126 valence electrons. The third-order valence-corrected chi connectivity index (χ3v) is 4.17. The summed E-state index contributed by atoms with van der Waals surface area (Å²) in [5.41, 5.74) is 6.59. The number of carbonyl (C=O) groups excluding carboxylic acids is 1. The van der Waals surface area contributed by atoms with Gasteiger partial charge in [-0.2, -0.15) is 0 Å². The Kier molecular flexibility index (Phi) is 10.1. The van der Waals surface area contributed by atoms with E-state index in [1.54, 1.807) is 0 Å². The normalized spacial score (nSPS) is 12.4. The van der Waals surface area contributed by atoms with Gasteiger partial charge in [0.2, 0.25) is 5.91 Å². The summed E-state index contributed by atoms with van der Waals surface area (Å²) in [6, 6.07) is 10.6. The van der Waals surface area contributed by atoms with E-state index in [1.165, 1.54) is 5.56 Å². The number of halogens is 1. The van der Waals surface area contributed by atoms with Crippen molar-refractivity contribution in [2.75, 3.05) is 13.1 Å². The van der Waals surface area contributed by atoms with Gasteiger partial charge in [0.1, 0.15) is 0 Å². The fraction of sp³-hybridized carbons (Fsp3) is 0.588. The van der Waals surface area contributed by atoms with E-state index in [4.69, 9.17) is 5.73 Å². The van der Waals surface area contributed by atoms with E-state index in [0.717, 1.165) is 12.8 Å². The van der Waals surface area contributed by atoms with Gasteiger partial charge in [-0.05, 0) is 25.3 Å². The van der Waals surface area contributed by atoms with Crippen molar-refractivity contribution in [2.24, 2.45) is 5.73 Å². The number of nitrogens with two attached hydrogens (primary N) is 1. The van der Waals surface area contributed by atoms with Crippen LogP contribution in [0.5, 0.6) is 0 Å². The van der Waals surface area contributed by atoms with Gasteiger partial charge in [-0.1, -0.05) is 44.2 Å². The number of amides is 1. The van der Waals surface area contributed by atoms with Crippen LogP contribution in [0, 0.1) is 0 Å². The zero-order valence-electron chi connectivity index (χ0n) is 13.9. The standard InChI is InChI=1S/C17H29N3O.ClH/c1-4-17(5-2,13-19-16(21)11-12-18)20-14(3)15-9-7-6-8-10-15;/h6-10,14,20H,4-5,11-13,18H2,1-3H3,(H,19,21);1H. The van der Waals surface area contributed by atoms with Crippen molar-refractivity contribution in [2.45, 2.75) is 51.6 Å². The molecule has 4 nitrogen and oxygen atoms in total. The molecule has 1 atom stereocenters. The summed E-state index contributed by atoms with van der Waals surface area (Å²) >= 11 is 0. The second-order valence-corrected chi connectivity index (χ2v) is 5.58. The van der Waals surface area contributed by atoms with Gasteiger partial charge in [0.25, 0.3) is 0 Å². The third-order valence-electron chi connectivity index (χ3n) is 4.17. The minimum atomic E-state index is -0.0838. The molecule has 0 aromatic heterocycles. The zero-order chi connectivity index (χ0) is 15.7. The highest BCUT2D eigenvalue weighted by Gasteiger charge is 2.28. The SMILES string of the molecule is CCC(CC)(CNC(=O)CCN)NC(C)c1ccccc1.Cl. The van der Waals surface area contributed by atoms with Crippen molar-refractivity contribution in [3.05, 3.63) is 35.9 Å². The van der Waals surface area contributed by atoms with Crippen LogP contribution in [-0.2, 0) is 4.79 Å². The van der Waals surface area contributed by atoms with Gasteiger partial charge in [0.15, 0.2) is 0 Å². The topological polar surface area (TPSA) is 67.2 Å². The molecule has 0 fully saturated rings. The van der Waals surface area contributed by atoms with Crippen LogP contribution in [0.2, 0.25) is 0 Å². The number of nitrogens with one attached hydrogen (secondary N) is 2. The molecule has 0 aliphatic carbocycles. The molecule has 22 heavy (non-hydrogen) atoms. The van der Waals surface area contributed by atoms with Crippen molar-refractivity contribution in [3.8, 4) is 0 Å². The summed E-state index contributed by atoms with van der Waals surface area (Å²) in [5, 5.41) is 6.70. The Balaban J connectivity index is 0.00000441. The summed E-state index contributed by atoms with van der Waals surface area (Å²) in [4.78, 5) is 11.7. The third kappa shape index (κ3) is 6.34. The predicted molar refractivity (Wildman–Crippen MR) is 95.2 cm³/mol. The molecule has 1 aromatic carbocycles. The second kappa shape index (κ2) is 10.6. The quantitative estimate of drug-likeness (QED) is 0.653. The zero-order valence-corrected chi connectivity index (χ0v) is 14.7. The maximum atomic E-state index is 11.7. The summed E-state index contributed by atoms with van der Waals surface area (Å²) in [5.74, 6) is 0.0259. The van der Waals surface area contributed by atoms with Crippen LogP contribution < -0.4 is 16.4 Å². The van der Waals surface area contributed by atoms with Gasteiger partial charge in [-0.15, -0.1) is 12.4 Å². The second-order valence-electron chi connectivity index (χ2n) is 5.58. The van der Waals surface area contributed by atoms with E-state index in [2.05, 4.69) is 55.7 Å². The minimum Gasteiger partial charge on any atom is -0.354 e. The van der Waals surface area contributed by atoms with Gasteiger partial charge in [-0.25, -0.2) is 0 Å². The van der Waals surface area contributed by atoms with E-state index < -0.39 is 0 Å². The molecule has 1 aromatic rings. The first kappa shape index (κ1) is 20.9. The van der Waals surface area contributed by atoms with E-state index in [9.17, 15) is 4.79 Å². The molecule has 4 N–H and O–H groups in total. The van der Waals surface area contributed by atoms with Gasteiger partial charge in [0.05, 0.1) is 0 Å². The highest BCUT2D eigenvalue weighted by atomic mass is 35.5. The van der Waals surface area contributed by atoms with Gasteiger partial charge in [0, 0.05) is 31.1 Å². The molecule has 0 spiro atoms. The lowest BCUT2D eigenvalue weighted by molar-refractivity contribution is -0.121. The van der Waals surface area contributed by atoms with E-state index in [-0.39, 0.29) is 29.9 Å². The molecule has 0 bridgehead atoms. The van der Waals surface area contributed by atoms with E-state index in [0.29, 0.717) is 19.5 Å². The Bertz CT molecular complexity index is 421. The fourth-order valence-electron chi connectivity index (χ4n) is 2.53. The number of hydrogen-bond donors (Lipinski definition) is 3. The van der Waals surface area contributed by atoms with Crippen molar-refractivity contribution >= 4 is 18.3 Å². The maximum absolute atomic E-state index is 11.7. The number of rotatable bonds is 9. The Morgan fingerprint density at radius 1 is 1.23 bits per heavy atom. The lowest BCUT2D eigenvalue weighted by atomic mass is 9.90. The van der Waals surface area contributed by atoms with E-state index in [1.807, 2.05) is 6.07 Å². The lowest BCUT2D eigenvalue weighted by Crippen LogP contribution is -2.53. The molecule has 5 heteroatoms. The Hall–Kier alpha value is -1.10. The van der Waals surface area contributed by atoms with Gasteiger partial charge < -0.3 is 16.4 Å². The largest absolute Gasteiger partial charge is 0.354 e. The molecule has 0 saturated carbocycles. The molecule has 1 rings (SSSR count). The molecule has 0 radical (unpaired) electrons. The van der Waals surface area contributed by atoms with Crippen molar-refractivity contribution < 1.29 is 4.79 Å². The first-order valence-electron chi connectivity index (χ1n) is 7.86.